The zero-order valence-corrected chi connectivity index (χ0v) is 13.2. The zero-order valence-electron chi connectivity index (χ0n) is 13.2. The van der Waals surface area contributed by atoms with E-state index in [9.17, 15) is 4.79 Å². The maximum atomic E-state index is 11.7. The van der Waals surface area contributed by atoms with E-state index in [1.807, 2.05) is 12.1 Å². The van der Waals surface area contributed by atoms with Gasteiger partial charge in [-0.05, 0) is 28.5 Å². The fraction of sp³-hybridized carbons (Fsp3) is 0.100. The smallest absolute Gasteiger partial charge is 0.269 e. The van der Waals surface area contributed by atoms with E-state index in [4.69, 9.17) is 4.74 Å². The van der Waals surface area contributed by atoms with E-state index in [2.05, 4.69) is 46.7 Å². The first-order valence-corrected chi connectivity index (χ1v) is 7.81. The fourth-order valence-electron chi connectivity index (χ4n) is 3.06. The molecule has 1 aliphatic rings. The number of amides is 1. The second-order valence-corrected chi connectivity index (χ2v) is 5.65. The Bertz CT molecular complexity index is 958. The van der Waals surface area contributed by atoms with Crippen molar-refractivity contribution in [2.75, 3.05) is 7.05 Å². The van der Waals surface area contributed by atoms with Crippen LogP contribution in [0.1, 0.15) is 27.7 Å². The molecule has 24 heavy (non-hydrogen) atoms. The molecule has 4 rings (SSSR count). The van der Waals surface area contributed by atoms with Crippen LogP contribution in [0.3, 0.4) is 0 Å². The maximum Gasteiger partial charge on any atom is 0.269 e. The lowest BCUT2D eigenvalue weighted by Gasteiger charge is -2.22. The maximum absolute atomic E-state index is 11.7. The number of hydrogen-bond acceptors (Lipinski definition) is 3. The van der Waals surface area contributed by atoms with Gasteiger partial charge in [0.2, 0.25) is 0 Å². The first-order valence-electron chi connectivity index (χ1n) is 7.81. The third-order valence-corrected chi connectivity index (χ3v) is 4.18. The lowest BCUT2D eigenvalue weighted by Crippen LogP contribution is -2.19. The zero-order chi connectivity index (χ0) is 16.5. The van der Waals surface area contributed by atoms with Crippen molar-refractivity contribution in [2.45, 2.75) is 6.10 Å². The van der Waals surface area contributed by atoms with Crippen molar-refractivity contribution in [3.63, 3.8) is 0 Å². The van der Waals surface area contributed by atoms with Crippen LogP contribution in [0.15, 0.2) is 60.8 Å². The molecule has 4 heteroatoms. The van der Waals surface area contributed by atoms with Crippen LogP contribution >= 0.6 is 0 Å². The molecule has 1 atom stereocenters. The van der Waals surface area contributed by atoms with Gasteiger partial charge in [-0.3, -0.25) is 9.78 Å². The van der Waals surface area contributed by atoms with Gasteiger partial charge in [0.25, 0.3) is 5.91 Å². The molecular weight excluding hydrogens is 300 g/mol. The third kappa shape index (κ3) is 2.42. The molecule has 0 saturated heterocycles. The second kappa shape index (κ2) is 5.81. The molecule has 0 fully saturated rings. The second-order valence-electron chi connectivity index (χ2n) is 5.65. The Morgan fingerprint density at radius 1 is 1.17 bits per heavy atom. The molecule has 1 aromatic heterocycles. The Hall–Kier alpha value is -3.14. The summed E-state index contributed by atoms with van der Waals surface area (Å²) in [6.45, 7) is 0. The number of carbonyl (C=O) groups excluding carboxylic acids is 1. The van der Waals surface area contributed by atoms with Crippen molar-refractivity contribution in [2.24, 2.45) is 0 Å². The van der Waals surface area contributed by atoms with E-state index in [0.29, 0.717) is 11.4 Å². The van der Waals surface area contributed by atoms with Crippen LogP contribution in [0, 0.1) is 0 Å². The number of ether oxygens (including phenoxy) is 1. The van der Waals surface area contributed by atoms with Crippen LogP contribution < -0.4 is 10.1 Å². The van der Waals surface area contributed by atoms with Gasteiger partial charge in [0.1, 0.15) is 17.5 Å². The summed E-state index contributed by atoms with van der Waals surface area (Å²) in [5, 5.41) is 4.98. The van der Waals surface area contributed by atoms with Gasteiger partial charge < -0.3 is 10.1 Å². The van der Waals surface area contributed by atoms with Crippen LogP contribution in [0.5, 0.6) is 5.75 Å². The van der Waals surface area contributed by atoms with Gasteiger partial charge in [-0.1, -0.05) is 42.5 Å². The van der Waals surface area contributed by atoms with Crippen molar-refractivity contribution >= 4 is 22.8 Å². The number of aromatic nitrogens is 1. The van der Waals surface area contributed by atoms with Gasteiger partial charge >= 0.3 is 0 Å². The standard InChI is InChI=1S/C20H16N2O2/c1-21-20(23)17-12-15(10-11-22-17)24-18-9-8-14-5-2-4-13-6-3-7-16(18)19(13)14/h2-12,18H,1H3,(H,21,23). The topological polar surface area (TPSA) is 51.2 Å². The van der Waals surface area contributed by atoms with Gasteiger partial charge in [0.05, 0.1) is 0 Å². The summed E-state index contributed by atoms with van der Waals surface area (Å²) in [6.07, 6.45) is 5.52. The number of nitrogens with zero attached hydrogens (tertiary/aromatic N) is 1. The molecule has 2 aromatic carbocycles. The Balaban J connectivity index is 1.71. The molecule has 1 amide bonds. The van der Waals surface area contributed by atoms with Gasteiger partial charge in [0.15, 0.2) is 0 Å². The number of rotatable bonds is 3. The molecule has 0 saturated carbocycles. The molecular formula is C20H16N2O2. The monoisotopic (exact) mass is 316 g/mol. The molecule has 0 radical (unpaired) electrons. The molecule has 3 aromatic rings. The summed E-state index contributed by atoms with van der Waals surface area (Å²) < 4.78 is 6.13. The quantitative estimate of drug-likeness (QED) is 0.801. The van der Waals surface area contributed by atoms with E-state index in [0.717, 1.165) is 5.56 Å². The predicted molar refractivity (Wildman–Crippen MR) is 94.0 cm³/mol. The number of carbonyl (C=O) groups is 1. The Kier molecular flexibility index (Phi) is 3.50. The van der Waals surface area contributed by atoms with Gasteiger partial charge in [-0.25, -0.2) is 0 Å². The molecule has 1 N–H and O–H groups in total. The van der Waals surface area contributed by atoms with Crippen LogP contribution in [0.25, 0.3) is 16.8 Å². The van der Waals surface area contributed by atoms with Crippen LogP contribution in [0.4, 0.5) is 0 Å². The highest BCUT2D eigenvalue weighted by Crippen LogP contribution is 2.35. The van der Waals surface area contributed by atoms with Crippen molar-refractivity contribution in [1.82, 2.24) is 10.3 Å². The number of pyridine rings is 1. The van der Waals surface area contributed by atoms with E-state index < -0.39 is 0 Å². The Labute approximate surface area is 139 Å². The summed E-state index contributed by atoms with van der Waals surface area (Å²) in [4.78, 5) is 15.8. The van der Waals surface area contributed by atoms with Crippen LogP contribution in [-0.4, -0.2) is 17.9 Å². The highest BCUT2D eigenvalue weighted by molar-refractivity contribution is 5.95. The normalized spacial score (nSPS) is 15.3. The summed E-state index contributed by atoms with van der Waals surface area (Å²) >= 11 is 0. The van der Waals surface area contributed by atoms with Gasteiger partial charge in [0, 0.05) is 24.9 Å². The van der Waals surface area contributed by atoms with E-state index in [1.165, 1.54) is 16.3 Å². The predicted octanol–water partition coefficient (Wildman–Crippen LogP) is 3.74. The molecule has 0 spiro atoms. The minimum atomic E-state index is -0.230. The van der Waals surface area contributed by atoms with Crippen LogP contribution in [-0.2, 0) is 0 Å². The highest BCUT2D eigenvalue weighted by Gasteiger charge is 2.19. The molecule has 1 heterocycles. The van der Waals surface area contributed by atoms with Crippen molar-refractivity contribution < 1.29 is 9.53 Å². The molecule has 4 nitrogen and oxygen atoms in total. The Morgan fingerprint density at radius 3 is 2.83 bits per heavy atom. The van der Waals surface area contributed by atoms with E-state index in [1.54, 1.807) is 25.4 Å². The average Bonchev–Trinajstić information content (AvgIpc) is 2.64. The van der Waals surface area contributed by atoms with Crippen molar-refractivity contribution in [1.29, 1.82) is 0 Å². The van der Waals surface area contributed by atoms with Gasteiger partial charge in [-0.15, -0.1) is 0 Å². The summed E-state index contributed by atoms with van der Waals surface area (Å²) in [5.74, 6) is 0.390. The number of hydrogen-bond donors (Lipinski definition) is 1. The molecule has 0 aliphatic heterocycles. The third-order valence-electron chi connectivity index (χ3n) is 4.18. The van der Waals surface area contributed by atoms with E-state index in [-0.39, 0.29) is 12.0 Å². The van der Waals surface area contributed by atoms with Crippen LogP contribution in [0.2, 0.25) is 0 Å². The molecule has 0 bridgehead atoms. The number of benzene rings is 2. The van der Waals surface area contributed by atoms with E-state index >= 15 is 0 Å². The molecule has 118 valence electrons. The summed E-state index contributed by atoms with van der Waals surface area (Å²) in [6, 6.07) is 15.9. The first-order chi connectivity index (χ1) is 11.8. The minimum absolute atomic E-state index is 0.191. The SMILES string of the molecule is CNC(=O)c1cc(OC2C=Cc3cccc4cccc2c34)ccn1. The molecule has 1 unspecified atom stereocenters. The lowest BCUT2D eigenvalue weighted by atomic mass is 9.91. The Morgan fingerprint density at radius 2 is 2.00 bits per heavy atom. The number of nitrogens with one attached hydrogen (secondary N) is 1. The van der Waals surface area contributed by atoms with Crippen molar-refractivity contribution in [3.8, 4) is 5.75 Å². The fourth-order valence-corrected chi connectivity index (χ4v) is 3.06. The largest absolute Gasteiger partial charge is 0.481 e. The van der Waals surface area contributed by atoms with Gasteiger partial charge in [-0.2, -0.15) is 0 Å². The van der Waals surface area contributed by atoms with Crippen molar-refractivity contribution in [3.05, 3.63) is 77.6 Å². The minimum Gasteiger partial charge on any atom is -0.481 e. The first kappa shape index (κ1) is 14.5. The lowest BCUT2D eigenvalue weighted by molar-refractivity contribution is 0.0957. The average molecular weight is 316 g/mol. The molecule has 1 aliphatic carbocycles. The summed E-state index contributed by atoms with van der Waals surface area (Å²) in [5.41, 5.74) is 2.67. The highest BCUT2D eigenvalue weighted by atomic mass is 16.5. The summed E-state index contributed by atoms with van der Waals surface area (Å²) in [7, 11) is 1.58.